The maximum absolute atomic E-state index is 12.7. The summed E-state index contributed by atoms with van der Waals surface area (Å²) in [7, 11) is 0. The predicted octanol–water partition coefficient (Wildman–Crippen LogP) is 4.80. The van der Waals surface area contributed by atoms with E-state index in [0.717, 1.165) is 45.2 Å². The molecule has 2 atom stereocenters. The summed E-state index contributed by atoms with van der Waals surface area (Å²) in [5, 5.41) is 10.7. The number of rotatable bonds is 5. The molecule has 1 spiro atoms. The second-order valence-electron chi connectivity index (χ2n) is 7.87. The molecule has 1 saturated heterocycles. The number of ketones is 1. The number of halogens is 2. The smallest absolute Gasteiger partial charge is 0.245 e. The van der Waals surface area contributed by atoms with E-state index >= 15 is 0 Å². The number of carbonyl (C=O) groups is 2. The first-order chi connectivity index (χ1) is 12.8. The van der Waals surface area contributed by atoms with E-state index in [1.807, 2.05) is 4.90 Å². The van der Waals surface area contributed by atoms with Crippen molar-refractivity contribution in [3.63, 3.8) is 0 Å². The molecule has 1 amide bonds. The number of Topliss-reactive ketones (excluding diaryl/α,β-unsaturated/α-hetero) is 1. The molecular formula is C21H25Cl2NO3. The number of piperidine rings is 1. The zero-order chi connectivity index (χ0) is 19.6. The van der Waals surface area contributed by atoms with Gasteiger partial charge in [0.05, 0.1) is 10.0 Å². The van der Waals surface area contributed by atoms with Crippen LogP contribution in [0.3, 0.4) is 0 Å². The first kappa shape index (κ1) is 20.2. The number of carbonyl (C=O) groups excluding carboxylic acids is 2. The van der Waals surface area contributed by atoms with Crippen molar-refractivity contribution in [3.8, 4) is 5.75 Å². The van der Waals surface area contributed by atoms with Crippen molar-refractivity contribution in [2.24, 2.45) is 11.3 Å². The summed E-state index contributed by atoms with van der Waals surface area (Å²) in [6.07, 6.45) is 6.97. The van der Waals surface area contributed by atoms with Gasteiger partial charge in [0.2, 0.25) is 5.91 Å². The maximum atomic E-state index is 12.7. The van der Waals surface area contributed by atoms with E-state index in [0.29, 0.717) is 28.5 Å². The molecule has 1 heterocycles. The number of hydrogen-bond donors (Lipinski definition) is 1. The molecule has 0 aromatic heterocycles. The predicted molar refractivity (Wildman–Crippen MR) is 107 cm³/mol. The number of aryl methyl sites for hydroxylation is 1. The van der Waals surface area contributed by atoms with Gasteiger partial charge in [0.1, 0.15) is 11.5 Å². The second-order valence-corrected chi connectivity index (χ2v) is 8.68. The molecule has 2 fully saturated rings. The van der Waals surface area contributed by atoms with E-state index < -0.39 is 0 Å². The number of aromatic hydroxyl groups is 1. The average Bonchev–Trinajstić information content (AvgIpc) is 3.06. The normalized spacial score (nSPS) is 25.0. The molecule has 1 aromatic carbocycles. The van der Waals surface area contributed by atoms with Gasteiger partial charge >= 0.3 is 0 Å². The molecule has 1 aliphatic carbocycles. The van der Waals surface area contributed by atoms with Gasteiger partial charge in [-0.25, -0.2) is 0 Å². The monoisotopic (exact) mass is 409 g/mol. The molecule has 1 aromatic rings. The van der Waals surface area contributed by atoms with Gasteiger partial charge in [0, 0.05) is 31.5 Å². The Morgan fingerprint density at radius 1 is 1.30 bits per heavy atom. The Labute approximate surface area is 170 Å². The summed E-state index contributed by atoms with van der Waals surface area (Å²) >= 11 is 11.9. The molecule has 1 saturated carbocycles. The number of phenols is 1. The van der Waals surface area contributed by atoms with Crippen LogP contribution >= 0.6 is 23.2 Å². The Hall–Kier alpha value is -1.52. The van der Waals surface area contributed by atoms with Gasteiger partial charge in [0.25, 0.3) is 0 Å². The topological polar surface area (TPSA) is 57.6 Å². The van der Waals surface area contributed by atoms with Crippen LogP contribution in [-0.2, 0) is 16.0 Å². The molecule has 3 rings (SSSR count). The van der Waals surface area contributed by atoms with Crippen molar-refractivity contribution in [1.29, 1.82) is 0 Å². The lowest BCUT2D eigenvalue weighted by Gasteiger charge is -2.40. The number of hydrogen-bond acceptors (Lipinski definition) is 3. The highest BCUT2D eigenvalue weighted by molar-refractivity contribution is 6.42. The number of amides is 1. The van der Waals surface area contributed by atoms with Gasteiger partial charge in [-0.3, -0.25) is 9.59 Å². The first-order valence-corrected chi connectivity index (χ1v) is 10.2. The van der Waals surface area contributed by atoms with Crippen LogP contribution in [0.1, 0.15) is 44.1 Å². The fraction of sp³-hybridized carbons (Fsp3) is 0.524. The van der Waals surface area contributed by atoms with Crippen LogP contribution in [0.5, 0.6) is 5.75 Å². The fourth-order valence-electron chi connectivity index (χ4n) is 4.62. The molecule has 146 valence electrons. The molecule has 0 radical (unpaired) electrons. The van der Waals surface area contributed by atoms with Crippen LogP contribution in [0.4, 0.5) is 0 Å². The first-order valence-electron chi connectivity index (χ1n) is 9.44. The van der Waals surface area contributed by atoms with Crippen molar-refractivity contribution >= 4 is 34.9 Å². The third-order valence-corrected chi connectivity index (χ3v) is 6.79. The van der Waals surface area contributed by atoms with Crippen LogP contribution in [0, 0.1) is 11.3 Å². The van der Waals surface area contributed by atoms with Gasteiger partial charge in [-0.1, -0.05) is 29.8 Å². The summed E-state index contributed by atoms with van der Waals surface area (Å²) in [6, 6.07) is 3.05. The Balaban J connectivity index is 1.58. The summed E-state index contributed by atoms with van der Waals surface area (Å²) in [5.41, 5.74) is 0.717. The lowest BCUT2D eigenvalue weighted by Crippen LogP contribution is -2.44. The van der Waals surface area contributed by atoms with Gasteiger partial charge in [-0.15, -0.1) is 0 Å². The summed E-state index contributed by atoms with van der Waals surface area (Å²) < 4.78 is 0. The van der Waals surface area contributed by atoms with E-state index in [9.17, 15) is 14.7 Å². The average molecular weight is 410 g/mol. The SMILES string of the molecule is C=CC(=O)N1CCCC2(CCC(C(=O)CCc3cc(Cl)c(Cl)cc3O)C2)C1. The Morgan fingerprint density at radius 3 is 2.78 bits per heavy atom. The van der Waals surface area contributed by atoms with Crippen LogP contribution in [0.2, 0.25) is 10.0 Å². The van der Waals surface area contributed by atoms with Crippen LogP contribution in [0.25, 0.3) is 0 Å². The Kier molecular flexibility index (Phi) is 6.17. The van der Waals surface area contributed by atoms with E-state index in [-0.39, 0.29) is 28.8 Å². The van der Waals surface area contributed by atoms with Crippen molar-refractivity contribution in [2.45, 2.75) is 44.9 Å². The standard InChI is InChI=1S/C21H25Cl2NO3/c1-2-20(27)24-9-3-7-21(13-24)8-6-15(12-21)18(25)5-4-14-10-16(22)17(23)11-19(14)26/h2,10-11,15,26H,1,3-9,12-13H2. The zero-order valence-corrected chi connectivity index (χ0v) is 16.9. The number of nitrogens with zero attached hydrogens (tertiary/aromatic N) is 1. The lowest BCUT2D eigenvalue weighted by atomic mass is 9.77. The zero-order valence-electron chi connectivity index (χ0n) is 15.3. The number of likely N-dealkylation sites (tertiary alicyclic amines) is 1. The number of benzene rings is 1. The van der Waals surface area contributed by atoms with Crippen LogP contribution in [-0.4, -0.2) is 34.8 Å². The van der Waals surface area contributed by atoms with E-state index in [1.54, 1.807) is 6.07 Å². The Bertz CT molecular complexity index is 764. The Morgan fingerprint density at radius 2 is 2.04 bits per heavy atom. The quantitative estimate of drug-likeness (QED) is 0.710. The van der Waals surface area contributed by atoms with Crippen molar-refractivity contribution in [1.82, 2.24) is 4.90 Å². The number of phenolic OH excluding ortho intramolecular Hbond substituents is 1. The minimum atomic E-state index is -0.0149. The molecule has 6 heteroatoms. The second kappa shape index (κ2) is 8.24. The highest BCUT2D eigenvalue weighted by atomic mass is 35.5. The van der Waals surface area contributed by atoms with Crippen LogP contribution in [0.15, 0.2) is 24.8 Å². The molecule has 0 bridgehead atoms. The molecule has 2 unspecified atom stereocenters. The fourth-order valence-corrected chi connectivity index (χ4v) is 4.96. The molecular weight excluding hydrogens is 385 g/mol. The van der Waals surface area contributed by atoms with Gasteiger partial charge in [-0.05, 0) is 61.6 Å². The molecule has 4 nitrogen and oxygen atoms in total. The summed E-state index contributed by atoms with van der Waals surface area (Å²) in [6.45, 7) is 5.09. The van der Waals surface area contributed by atoms with Crippen molar-refractivity contribution in [2.75, 3.05) is 13.1 Å². The largest absolute Gasteiger partial charge is 0.508 e. The lowest BCUT2D eigenvalue weighted by molar-refractivity contribution is -0.129. The van der Waals surface area contributed by atoms with Gasteiger partial charge in [0.15, 0.2) is 0 Å². The summed E-state index contributed by atoms with van der Waals surface area (Å²) in [5.74, 6) is 0.322. The maximum Gasteiger partial charge on any atom is 0.245 e. The molecule has 1 aliphatic heterocycles. The van der Waals surface area contributed by atoms with Gasteiger partial charge in [-0.2, -0.15) is 0 Å². The molecule has 1 N–H and O–H groups in total. The van der Waals surface area contributed by atoms with E-state index in [2.05, 4.69) is 6.58 Å². The van der Waals surface area contributed by atoms with Gasteiger partial charge < -0.3 is 10.0 Å². The summed E-state index contributed by atoms with van der Waals surface area (Å²) in [4.78, 5) is 26.6. The highest BCUT2D eigenvalue weighted by Gasteiger charge is 2.44. The van der Waals surface area contributed by atoms with E-state index in [4.69, 9.17) is 23.2 Å². The van der Waals surface area contributed by atoms with Crippen molar-refractivity contribution < 1.29 is 14.7 Å². The van der Waals surface area contributed by atoms with E-state index in [1.165, 1.54) is 12.1 Å². The van der Waals surface area contributed by atoms with Crippen molar-refractivity contribution in [3.05, 3.63) is 40.4 Å². The minimum absolute atomic E-state index is 0.0149. The minimum Gasteiger partial charge on any atom is -0.508 e. The van der Waals surface area contributed by atoms with Crippen LogP contribution < -0.4 is 0 Å². The third-order valence-electron chi connectivity index (χ3n) is 6.07. The molecule has 2 aliphatic rings. The highest BCUT2D eigenvalue weighted by Crippen LogP contribution is 2.48. The third kappa shape index (κ3) is 4.49. The molecule has 27 heavy (non-hydrogen) atoms.